The number of alkyl carbamates (subject to hydrolysis) is 2. The number of nitrogens with one attached hydrogen (secondary N) is 2. The Morgan fingerprint density at radius 2 is 1.71 bits per heavy atom. The smallest absolute Gasteiger partial charge is 0.408 e. The number of ether oxygens (including phenoxy) is 2. The van der Waals surface area contributed by atoms with E-state index in [1.54, 1.807) is 34.6 Å². The van der Waals surface area contributed by atoms with Crippen molar-refractivity contribution in [1.82, 2.24) is 20.8 Å². The van der Waals surface area contributed by atoms with E-state index in [0.29, 0.717) is 0 Å². The molecule has 2 N–H and O–H groups in total. The summed E-state index contributed by atoms with van der Waals surface area (Å²) in [5.41, 5.74) is 0.275. The molecule has 0 fully saturated rings. The van der Waals surface area contributed by atoms with Gasteiger partial charge in [-0.15, -0.1) is 0 Å². The van der Waals surface area contributed by atoms with Gasteiger partial charge in [0.2, 0.25) is 5.89 Å². The Labute approximate surface area is 163 Å². The van der Waals surface area contributed by atoms with Crippen LogP contribution in [-0.2, 0) is 16.1 Å². The number of aromatic nitrogens is 2. The second kappa shape index (κ2) is 9.20. The van der Waals surface area contributed by atoms with Gasteiger partial charge in [-0.1, -0.05) is 35.5 Å². The fraction of sp³-hybridized carbons (Fsp3) is 0.474. The Morgan fingerprint density at radius 1 is 1.07 bits per heavy atom. The minimum atomic E-state index is -0.609. The predicted molar refractivity (Wildman–Crippen MR) is 100 cm³/mol. The van der Waals surface area contributed by atoms with Gasteiger partial charge in [-0.25, -0.2) is 9.59 Å². The number of nitrogens with zero attached hydrogens (tertiary/aromatic N) is 2. The number of rotatable bonds is 6. The fourth-order valence-electron chi connectivity index (χ4n) is 2.15. The summed E-state index contributed by atoms with van der Waals surface area (Å²) < 4.78 is 15.5. The molecule has 1 aromatic heterocycles. The number of benzene rings is 1. The van der Waals surface area contributed by atoms with E-state index in [-0.39, 0.29) is 18.3 Å². The summed E-state index contributed by atoms with van der Waals surface area (Å²) >= 11 is 0. The maximum Gasteiger partial charge on any atom is 0.408 e. The number of hydrogen-bond acceptors (Lipinski definition) is 7. The quantitative estimate of drug-likeness (QED) is 0.773. The highest BCUT2D eigenvalue weighted by Crippen LogP contribution is 2.15. The third kappa shape index (κ3) is 6.90. The maximum absolute atomic E-state index is 11.9. The van der Waals surface area contributed by atoms with Crippen LogP contribution < -0.4 is 10.6 Å². The van der Waals surface area contributed by atoms with Crippen molar-refractivity contribution in [1.29, 1.82) is 0 Å². The Bertz CT molecular complexity index is 785. The maximum atomic E-state index is 11.9. The molecule has 2 rings (SSSR count). The molecule has 2 amide bonds. The van der Waals surface area contributed by atoms with Crippen molar-refractivity contribution in [2.75, 3.05) is 0 Å². The topological polar surface area (TPSA) is 116 Å². The van der Waals surface area contributed by atoms with Crippen LogP contribution in [0.5, 0.6) is 0 Å². The van der Waals surface area contributed by atoms with Gasteiger partial charge in [0.25, 0.3) is 0 Å². The molecule has 0 spiro atoms. The van der Waals surface area contributed by atoms with E-state index in [1.807, 2.05) is 30.3 Å². The lowest BCUT2D eigenvalue weighted by Crippen LogP contribution is -2.34. The Balaban J connectivity index is 1.84. The lowest BCUT2D eigenvalue weighted by atomic mass is 10.2. The van der Waals surface area contributed by atoms with Gasteiger partial charge in [0.15, 0.2) is 5.82 Å². The summed E-state index contributed by atoms with van der Waals surface area (Å²) in [5, 5.41) is 9.09. The van der Waals surface area contributed by atoms with Gasteiger partial charge < -0.3 is 24.6 Å². The van der Waals surface area contributed by atoms with E-state index in [1.165, 1.54) is 0 Å². The fourth-order valence-corrected chi connectivity index (χ4v) is 2.15. The molecule has 1 heterocycles. The molecule has 0 aliphatic heterocycles. The molecule has 9 nitrogen and oxygen atoms in total. The first-order chi connectivity index (χ1) is 13.1. The molecule has 0 bridgehead atoms. The molecule has 0 aliphatic rings. The highest BCUT2D eigenvalue weighted by atomic mass is 16.6. The monoisotopic (exact) mass is 390 g/mol. The standard InChI is InChI=1S/C19H26N4O5/c1-12(20-17(24)26-11-14-9-7-6-8-10-14)15-22-16(28-23-15)13(2)21-18(25)27-19(3,4)5/h6-10,12-13H,11H2,1-5H3,(H,20,24)(H,21,25)/t12-,13-/m0/s1. The zero-order valence-corrected chi connectivity index (χ0v) is 16.7. The summed E-state index contributed by atoms with van der Waals surface area (Å²) in [5.74, 6) is 0.469. The van der Waals surface area contributed by atoms with Gasteiger partial charge in [0.05, 0.1) is 6.04 Å². The van der Waals surface area contributed by atoms with Gasteiger partial charge in [-0.3, -0.25) is 0 Å². The van der Waals surface area contributed by atoms with E-state index < -0.39 is 29.9 Å². The molecule has 152 valence electrons. The Hall–Kier alpha value is -3.10. The highest BCUT2D eigenvalue weighted by Gasteiger charge is 2.23. The lowest BCUT2D eigenvalue weighted by molar-refractivity contribution is 0.0499. The molecule has 0 saturated heterocycles. The number of carbonyl (C=O) groups excluding carboxylic acids is 2. The molecular formula is C19H26N4O5. The van der Waals surface area contributed by atoms with Crippen molar-refractivity contribution < 1.29 is 23.6 Å². The average Bonchev–Trinajstić information content (AvgIpc) is 3.09. The first kappa shape index (κ1) is 21.2. The zero-order chi connectivity index (χ0) is 20.7. The second-order valence-corrected chi connectivity index (χ2v) is 7.29. The minimum absolute atomic E-state index is 0.160. The van der Waals surface area contributed by atoms with Gasteiger partial charge in [-0.2, -0.15) is 4.98 Å². The van der Waals surface area contributed by atoms with Crippen LogP contribution in [0, 0.1) is 0 Å². The van der Waals surface area contributed by atoms with E-state index in [4.69, 9.17) is 14.0 Å². The van der Waals surface area contributed by atoms with Crippen molar-refractivity contribution in [3.05, 3.63) is 47.6 Å². The summed E-state index contributed by atoms with van der Waals surface area (Å²) in [6, 6.07) is 8.27. The molecule has 2 aromatic rings. The molecule has 1 aromatic carbocycles. The largest absolute Gasteiger partial charge is 0.445 e. The SMILES string of the molecule is C[C@H](NC(=O)OCc1ccccc1)c1noc([C@H](C)NC(=O)OC(C)(C)C)n1. The summed E-state index contributed by atoms with van der Waals surface area (Å²) in [7, 11) is 0. The second-order valence-electron chi connectivity index (χ2n) is 7.29. The van der Waals surface area contributed by atoms with Crippen LogP contribution in [0.25, 0.3) is 0 Å². The molecule has 0 unspecified atom stereocenters. The van der Waals surface area contributed by atoms with E-state index in [2.05, 4.69) is 20.8 Å². The van der Waals surface area contributed by atoms with Crippen molar-refractivity contribution in [2.45, 2.75) is 58.9 Å². The van der Waals surface area contributed by atoms with Crippen LogP contribution in [0.2, 0.25) is 0 Å². The van der Waals surface area contributed by atoms with Crippen molar-refractivity contribution >= 4 is 12.2 Å². The lowest BCUT2D eigenvalue weighted by Gasteiger charge is -2.20. The molecule has 2 atom stereocenters. The summed E-state index contributed by atoms with van der Waals surface area (Å²) in [6.07, 6.45) is -1.18. The van der Waals surface area contributed by atoms with Gasteiger partial charge in [0.1, 0.15) is 18.2 Å². The first-order valence-electron chi connectivity index (χ1n) is 8.94. The average molecular weight is 390 g/mol. The minimum Gasteiger partial charge on any atom is -0.445 e. The number of hydrogen-bond donors (Lipinski definition) is 2. The summed E-state index contributed by atoms with van der Waals surface area (Å²) in [6.45, 7) is 8.86. The van der Waals surface area contributed by atoms with Crippen molar-refractivity contribution in [3.8, 4) is 0 Å². The van der Waals surface area contributed by atoms with Gasteiger partial charge in [0, 0.05) is 0 Å². The predicted octanol–water partition coefficient (Wildman–Crippen LogP) is 3.64. The zero-order valence-electron chi connectivity index (χ0n) is 16.7. The molecule has 0 aliphatic carbocycles. The van der Waals surface area contributed by atoms with Crippen LogP contribution in [0.15, 0.2) is 34.9 Å². The van der Waals surface area contributed by atoms with E-state index in [9.17, 15) is 9.59 Å². The Kier molecular flexibility index (Phi) is 6.97. The van der Waals surface area contributed by atoms with Crippen LogP contribution >= 0.6 is 0 Å². The third-order valence-corrected chi connectivity index (χ3v) is 3.50. The number of carbonyl (C=O) groups is 2. The normalized spacial score (nSPS) is 13.3. The third-order valence-electron chi connectivity index (χ3n) is 3.50. The summed E-state index contributed by atoms with van der Waals surface area (Å²) in [4.78, 5) is 28.0. The van der Waals surface area contributed by atoms with Gasteiger partial charge >= 0.3 is 12.2 Å². The van der Waals surface area contributed by atoms with Crippen molar-refractivity contribution in [2.24, 2.45) is 0 Å². The Morgan fingerprint density at radius 3 is 2.36 bits per heavy atom. The van der Waals surface area contributed by atoms with Gasteiger partial charge in [-0.05, 0) is 40.2 Å². The van der Waals surface area contributed by atoms with Crippen LogP contribution in [0.4, 0.5) is 9.59 Å². The highest BCUT2D eigenvalue weighted by molar-refractivity contribution is 5.68. The van der Waals surface area contributed by atoms with Crippen LogP contribution in [0.1, 0.15) is 64.0 Å². The molecule has 28 heavy (non-hydrogen) atoms. The first-order valence-corrected chi connectivity index (χ1v) is 8.94. The molecule has 0 radical (unpaired) electrons. The molecule has 0 saturated carbocycles. The van der Waals surface area contributed by atoms with E-state index in [0.717, 1.165) is 5.56 Å². The van der Waals surface area contributed by atoms with Crippen molar-refractivity contribution in [3.63, 3.8) is 0 Å². The van der Waals surface area contributed by atoms with Crippen LogP contribution in [-0.4, -0.2) is 27.9 Å². The van der Waals surface area contributed by atoms with Crippen LogP contribution in [0.3, 0.4) is 0 Å². The van der Waals surface area contributed by atoms with E-state index >= 15 is 0 Å². The number of amides is 2. The molecular weight excluding hydrogens is 364 g/mol. The molecule has 9 heteroatoms.